The minimum atomic E-state index is -0.763. The maximum Gasteiger partial charge on any atom is 0.440 e. The van der Waals surface area contributed by atoms with Gasteiger partial charge >= 0.3 is 12.1 Å². The fourth-order valence-electron chi connectivity index (χ4n) is 4.53. The molecule has 0 spiro atoms. The van der Waals surface area contributed by atoms with Gasteiger partial charge in [0, 0.05) is 5.92 Å². The molecule has 5 rings (SSSR count). The zero-order chi connectivity index (χ0) is 20.5. The van der Waals surface area contributed by atoms with Crippen LogP contribution in [0, 0.1) is 5.92 Å². The van der Waals surface area contributed by atoms with Gasteiger partial charge in [-0.3, -0.25) is 0 Å². The van der Waals surface area contributed by atoms with Gasteiger partial charge < -0.3 is 9.57 Å². The molecule has 0 fully saturated rings. The van der Waals surface area contributed by atoms with Crippen LogP contribution in [0.3, 0.4) is 0 Å². The Morgan fingerprint density at radius 1 is 0.800 bits per heavy atom. The molecule has 1 amide bonds. The Balaban J connectivity index is 1.17. The number of hydroxylamine groups is 1. The lowest BCUT2D eigenvalue weighted by molar-refractivity contribution is -0.154. The van der Waals surface area contributed by atoms with Gasteiger partial charge in [-0.05, 0) is 46.2 Å². The van der Waals surface area contributed by atoms with E-state index in [2.05, 4.69) is 29.7 Å². The Hall–Kier alpha value is -3.60. The molecule has 0 bridgehead atoms. The highest BCUT2D eigenvalue weighted by molar-refractivity contribution is 5.79. The van der Waals surface area contributed by atoms with Gasteiger partial charge in [0.15, 0.2) is 0 Å². The predicted molar refractivity (Wildman–Crippen MR) is 112 cm³/mol. The number of carbonyl (C=O) groups is 2. The molecule has 0 saturated carbocycles. The molecule has 3 aromatic rings. The number of benzene rings is 3. The second-order valence-electron chi connectivity index (χ2n) is 7.72. The molecule has 0 unspecified atom stereocenters. The monoisotopic (exact) mass is 399 g/mol. The fourth-order valence-corrected chi connectivity index (χ4v) is 4.53. The Morgan fingerprint density at radius 2 is 1.33 bits per heavy atom. The van der Waals surface area contributed by atoms with Crippen molar-refractivity contribution in [2.45, 2.75) is 18.8 Å². The van der Waals surface area contributed by atoms with E-state index in [1.807, 2.05) is 48.5 Å². The molecule has 0 saturated heterocycles. The maximum atomic E-state index is 12.3. The highest BCUT2D eigenvalue weighted by atomic mass is 16.7. The molecule has 5 heteroatoms. The zero-order valence-electron chi connectivity index (χ0n) is 16.3. The molecule has 5 nitrogen and oxygen atoms in total. The lowest BCUT2D eigenvalue weighted by Gasteiger charge is -2.15. The van der Waals surface area contributed by atoms with Crippen molar-refractivity contribution in [2.75, 3.05) is 6.61 Å². The van der Waals surface area contributed by atoms with Crippen molar-refractivity contribution in [3.05, 3.63) is 95.1 Å². The summed E-state index contributed by atoms with van der Waals surface area (Å²) < 4.78 is 5.39. The molecule has 3 aromatic carbocycles. The summed E-state index contributed by atoms with van der Waals surface area (Å²) in [5.41, 5.74) is 9.04. The van der Waals surface area contributed by atoms with Crippen LogP contribution in [-0.2, 0) is 27.2 Å². The quantitative estimate of drug-likeness (QED) is 0.663. The Labute approximate surface area is 174 Å². The first-order valence-corrected chi connectivity index (χ1v) is 10.1. The minimum absolute atomic E-state index is 0.0387. The maximum absolute atomic E-state index is 12.3. The molecular formula is C25H21NO4. The van der Waals surface area contributed by atoms with E-state index in [9.17, 15) is 9.59 Å². The summed E-state index contributed by atoms with van der Waals surface area (Å²) >= 11 is 0. The van der Waals surface area contributed by atoms with Crippen molar-refractivity contribution in [1.29, 1.82) is 0 Å². The summed E-state index contributed by atoms with van der Waals surface area (Å²) in [7, 11) is 0. The standard InChI is InChI=1S/C25H21NO4/c27-24(18-13-16-7-1-2-8-17(16)14-18)30-26-25(28)29-15-23-21-11-5-3-9-19(21)20-10-4-6-12-22(20)23/h1-12,18,23H,13-15H2,(H,26,28). The van der Waals surface area contributed by atoms with Gasteiger partial charge in [-0.2, -0.15) is 0 Å². The van der Waals surface area contributed by atoms with Gasteiger partial charge in [-0.25, -0.2) is 9.59 Å². The smallest absolute Gasteiger partial charge is 0.440 e. The van der Waals surface area contributed by atoms with Crippen LogP contribution in [0.2, 0.25) is 0 Å². The second-order valence-corrected chi connectivity index (χ2v) is 7.72. The normalized spacial score (nSPS) is 14.5. The first-order valence-electron chi connectivity index (χ1n) is 10.1. The summed E-state index contributed by atoms with van der Waals surface area (Å²) in [6.07, 6.45) is 0.490. The average molecular weight is 399 g/mol. The first kappa shape index (κ1) is 18.4. The molecular weight excluding hydrogens is 378 g/mol. The van der Waals surface area contributed by atoms with Crippen molar-refractivity contribution >= 4 is 12.1 Å². The molecule has 30 heavy (non-hydrogen) atoms. The summed E-state index contributed by atoms with van der Waals surface area (Å²) in [6, 6.07) is 24.2. The van der Waals surface area contributed by atoms with Crippen molar-refractivity contribution in [1.82, 2.24) is 5.48 Å². The highest BCUT2D eigenvalue weighted by Gasteiger charge is 2.31. The van der Waals surface area contributed by atoms with Crippen LogP contribution in [0.15, 0.2) is 72.8 Å². The van der Waals surface area contributed by atoms with E-state index in [4.69, 9.17) is 9.57 Å². The first-order chi connectivity index (χ1) is 14.7. The van der Waals surface area contributed by atoms with E-state index in [1.165, 1.54) is 0 Å². The highest BCUT2D eigenvalue weighted by Crippen LogP contribution is 2.44. The van der Waals surface area contributed by atoms with Crippen LogP contribution < -0.4 is 5.48 Å². The van der Waals surface area contributed by atoms with E-state index < -0.39 is 12.1 Å². The predicted octanol–water partition coefficient (Wildman–Crippen LogP) is 4.40. The van der Waals surface area contributed by atoms with Crippen LogP contribution >= 0.6 is 0 Å². The van der Waals surface area contributed by atoms with E-state index in [0.29, 0.717) is 12.8 Å². The molecule has 1 N–H and O–H groups in total. The number of ether oxygens (including phenoxy) is 1. The molecule has 0 radical (unpaired) electrons. The Morgan fingerprint density at radius 3 is 1.93 bits per heavy atom. The lowest BCUT2D eigenvalue weighted by Crippen LogP contribution is -2.32. The largest absolute Gasteiger partial charge is 0.446 e. The van der Waals surface area contributed by atoms with Crippen molar-refractivity contribution < 1.29 is 19.2 Å². The lowest BCUT2D eigenvalue weighted by atomic mass is 9.98. The Bertz CT molecular complexity index is 1050. The third kappa shape index (κ3) is 3.32. The zero-order valence-corrected chi connectivity index (χ0v) is 16.3. The second kappa shape index (κ2) is 7.67. The number of hydrogen-bond donors (Lipinski definition) is 1. The Kier molecular flexibility index (Phi) is 4.71. The van der Waals surface area contributed by atoms with Gasteiger partial charge in [-0.1, -0.05) is 72.8 Å². The van der Waals surface area contributed by atoms with E-state index >= 15 is 0 Å². The van der Waals surface area contributed by atoms with E-state index in [-0.39, 0.29) is 18.4 Å². The molecule has 150 valence electrons. The number of fused-ring (bicyclic) bond motifs is 4. The SMILES string of the molecule is O=C(NOC(=O)C1Cc2ccccc2C1)OCC1c2ccccc2-c2ccccc21. The van der Waals surface area contributed by atoms with Crippen molar-refractivity contribution in [3.63, 3.8) is 0 Å². The van der Waals surface area contributed by atoms with Crippen LogP contribution in [0.1, 0.15) is 28.2 Å². The summed E-state index contributed by atoms with van der Waals surface area (Å²) in [4.78, 5) is 29.5. The van der Waals surface area contributed by atoms with Crippen LogP contribution in [-0.4, -0.2) is 18.7 Å². The van der Waals surface area contributed by atoms with Gasteiger partial charge in [0.05, 0.1) is 5.92 Å². The molecule has 0 atom stereocenters. The van der Waals surface area contributed by atoms with Gasteiger partial charge in [0.2, 0.25) is 0 Å². The molecule has 0 aliphatic heterocycles. The minimum Gasteiger partial charge on any atom is -0.446 e. The topological polar surface area (TPSA) is 64.6 Å². The van der Waals surface area contributed by atoms with Crippen LogP contribution in [0.5, 0.6) is 0 Å². The van der Waals surface area contributed by atoms with Crippen molar-refractivity contribution in [3.8, 4) is 11.1 Å². The third-order valence-corrected chi connectivity index (χ3v) is 5.96. The van der Waals surface area contributed by atoms with Crippen LogP contribution in [0.4, 0.5) is 4.79 Å². The number of carbonyl (C=O) groups excluding carboxylic acids is 2. The van der Waals surface area contributed by atoms with E-state index in [0.717, 1.165) is 33.4 Å². The van der Waals surface area contributed by atoms with Crippen molar-refractivity contribution in [2.24, 2.45) is 5.92 Å². The van der Waals surface area contributed by atoms with Gasteiger partial charge in [0.25, 0.3) is 0 Å². The summed E-state index contributed by atoms with van der Waals surface area (Å²) in [5, 5.41) is 0. The molecule has 0 aromatic heterocycles. The number of amides is 1. The average Bonchev–Trinajstić information content (AvgIpc) is 3.35. The molecule has 2 aliphatic carbocycles. The van der Waals surface area contributed by atoms with E-state index in [1.54, 1.807) is 0 Å². The number of rotatable bonds is 3. The molecule has 0 heterocycles. The molecule has 2 aliphatic rings. The van der Waals surface area contributed by atoms with Gasteiger partial charge in [0.1, 0.15) is 6.61 Å². The van der Waals surface area contributed by atoms with Crippen LogP contribution in [0.25, 0.3) is 11.1 Å². The van der Waals surface area contributed by atoms with Gasteiger partial charge in [-0.15, -0.1) is 5.48 Å². The summed E-state index contributed by atoms with van der Waals surface area (Å²) in [6.45, 7) is 0.173. The third-order valence-electron chi connectivity index (χ3n) is 5.96. The summed E-state index contributed by atoms with van der Waals surface area (Å²) in [5.74, 6) is -0.765. The number of hydrogen-bond acceptors (Lipinski definition) is 4. The fraction of sp³-hybridized carbons (Fsp3) is 0.200. The number of nitrogens with one attached hydrogen (secondary N) is 1.